The van der Waals surface area contributed by atoms with E-state index in [0.717, 1.165) is 30.5 Å². The minimum absolute atomic E-state index is 0.0426. The second-order valence-corrected chi connectivity index (χ2v) is 4.76. The lowest BCUT2D eigenvalue weighted by Gasteiger charge is -2.24. The molecule has 0 fully saturated rings. The third kappa shape index (κ3) is 3.82. The van der Waals surface area contributed by atoms with Gasteiger partial charge in [-0.1, -0.05) is 23.7 Å². The zero-order valence-electron chi connectivity index (χ0n) is 10.2. The number of hydrogen-bond acceptors (Lipinski definition) is 2. The third-order valence-corrected chi connectivity index (χ3v) is 3.03. The van der Waals surface area contributed by atoms with Gasteiger partial charge in [-0.25, -0.2) is 0 Å². The van der Waals surface area contributed by atoms with Crippen molar-refractivity contribution in [1.29, 1.82) is 0 Å². The normalized spacial score (nSPS) is 20.3. The first kappa shape index (κ1) is 16.0. The highest BCUT2D eigenvalue weighted by Gasteiger charge is 2.40. The van der Waals surface area contributed by atoms with Crippen LogP contribution >= 0.6 is 11.6 Å². The Morgan fingerprint density at radius 2 is 1.62 bits per heavy atom. The fourth-order valence-corrected chi connectivity index (χ4v) is 2.14. The standard InChI is InChI=1S/C12H8ClF6NO/c13-9-5-21-20(6-11(14,15)16)10(9)7-1-3-8(4-2-7)12(17,18)19/h1-5,10H,6H2. The molecule has 0 spiro atoms. The highest BCUT2D eigenvalue weighted by molar-refractivity contribution is 6.30. The Kier molecular flexibility index (Phi) is 4.12. The molecule has 116 valence electrons. The zero-order valence-corrected chi connectivity index (χ0v) is 10.9. The molecular formula is C12H8ClF6NO. The Bertz CT molecular complexity index is 536. The molecule has 1 unspecified atom stereocenters. The van der Waals surface area contributed by atoms with Gasteiger partial charge in [-0.3, -0.25) is 0 Å². The van der Waals surface area contributed by atoms with Crippen molar-refractivity contribution in [1.82, 2.24) is 5.06 Å². The Labute approximate surface area is 120 Å². The molecule has 0 bridgehead atoms. The van der Waals surface area contributed by atoms with Gasteiger partial charge in [0, 0.05) is 0 Å². The van der Waals surface area contributed by atoms with E-state index >= 15 is 0 Å². The van der Waals surface area contributed by atoms with Crippen molar-refractivity contribution in [3.05, 3.63) is 46.7 Å². The smallest absolute Gasteiger partial charge is 0.411 e. The van der Waals surface area contributed by atoms with E-state index < -0.39 is 30.5 Å². The first-order valence-electron chi connectivity index (χ1n) is 5.61. The lowest BCUT2D eigenvalue weighted by Crippen LogP contribution is -2.33. The van der Waals surface area contributed by atoms with Crippen LogP contribution in [0.25, 0.3) is 0 Å². The van der Waals surface area contributed by atoms with Gasteiger partial charge in [0.25, 0.3) is 0 Å². The Morgan fingerprint density at radius 1 is 1.05 bits per heavy atom. The molecule has 21 heavy (non-hydrogen) atoms. The molecule has 0 radical (unpaired) electrons. The van der Waals surface area contributed by atoms with Crippen LogP contribution in [0.2, 0.25) is 0 Å². The first-order chi connectivity index (χ1) is 9.58. The summed E-state index contributed by atoms with van der Waals surface area (Å²) in [5.74, 6) is 0. The highest BCUT2D eigenvalue weighted by atomic mass is 35.5. The van der Waals surface area contributed by atoms with Crippen LogP contribution < -0.4 is 0 Å². The van der Waals surface area contributed by atoms with E-state index in [1.54, 1.807) is 0 Å². The van der Waals surface area contributed by atoms with E-state index in [9.17, 15) is 26.3 Å². The molecular weight excluding hydrogens is 324 g/mol. The molecule has 0 saturated heterocycles. The first-order valence-corrected chi connectivity index (χ1v) is 5.98. The van der Waals surface area contributed by atoms with E-state index in [4.69, 9.17) is 16.4 Å². The van der Waals surface area contributed by atoms with Crippen molar-refractivity contribution in [3.63, 3.8) is 0 Å². The van der Waals surface area contributed by atoms with Crippen molar-refractivity contribution < 1.29 is 31.2 Å². The number of hydroxylamine groups is 2. The fraction of sp³-hybridized carbons (Fsp3) is 0.333. The number of alkyl halides is 6. The van der Waals surface area contributed by atoms with Crippen molar-refractivity contribution in [2.24, 2.45) is 0 Å². The van der Waals surface area contributed by atoms with Gasteiger partial charge in [0.05, 0.1) is 10.6 Å². The number of halogens is 7. The molecule has 2 nitrogen and oxygen atoms in total. The number of benzene rings is 1. The van der Waals surface area contributed by atoms with E-state index in [-0.39, 0.29) is 10.6 Å². The lowest BCUT2D eigenvalue weighted by molar-refractivity contribution is -0.213. The van der Waals surface area contributed by atoms with Gasteiger partial charge in [-0.15, -0.1) is 5.06 Å². The van der Waals surface area contributed by atoms with Crippen LogP contribution in [-0.4, -0.2) is 17.8 Å². The summed E-state index contributed by atoms with van der Waals surface area (Å²) in [7, 11) is 0. The summed E-state index contributed by atoms with van der Waals surface area (Å²) in [6.07, 6.45) is -8.12. The predicted molar refractivity (Wildman–Crippen MR) is 62.0 cm³/mol. The molecule has 1 aliphatic heterocycles. The minimum Gasteiger partial charge on any atom is -0.411 e. The summed E-state index contributed by atoms with van der Waals surface area (Å²) in [6, 6.07) is 2.62. The SMILES string of the molecule is FC(F)(F)CN1OC=C(Cl)C1c1ccc(C(F)(F)F)cc1. The van der Waals surface area contributed by atoms with Crippen molar-refractivity contribution in [2.75, 3.05) is 6.54 Å². The van der Waals surface area contributed by atoms with E-state index in [0.29, 0.717) is 5.06 Å². The van der Waals surface area contributed by atoms with Gasteiger partial charge in [0.15, 0.2) is 0 Å². The summed E-state index contributed by atoms with van der Waals surface area (Å²) in [4.78, 5) is 4.70. The molecule has 1 aromatic carbocycles. The topological polar surface area (TPSA) is 12.5 Å². The molecule has 0 N–H and O–H groups in total. The molecule has 2 rings (SSSR count). The zero-order chi connectivity index (χ0) is 15.8. The fourth-order valence-electron chi connectivity index (χ4n) is 1.87. The van der Waals surface area contributed by atoms with Gasteiger partial charge in [0.1, 0.15) is 18.8 Å². The summed E-state index contributed by atoms with van der Waals surface area (Å²) in [5, 5.41) is 0.518. The number of hydrogen-bond donors (Lipinski definition) is 0. The second-order valence-electron chi connectivity index (χ2n) is 4.32. The molecule has 0 aliphatic carbocycles. The Hall–Kier alpha value is -1.41. The monoisotopic (exact) mass is 331 g/mol. The van der Waals surface area contributed by atoms with E-state index in [2.05, 4.69) is 0 Å². The molecule has 1 aliphatic rings. The van der Waals surface area contributed by atoms with Gasteiger partial charge in [0.2, 0.25) is 0 Å². The third-order valence-electron chi connectivity index (χ3n) is 2.74. The van der Waals surface area contributed by atoms with Gasteiger partial charge in [-0.05, 0) is 17.7 Å². The van der Waals surface area contributed by atoms with Crippen molar-refractivity contribution >= 4 is 11.6 Å². The predicted octanol–water partition coefficient (Wildman–Crippen LogP) is 4.64. The van der Waals surface area contributed by atoms with Crippen LogP contribution in [0, 0.1) is 0 Å². The molecule has 0 saturated carbocycles. The number of nitrogens with zero attached hydrogens (tertiary/aromatic N) is 1. The van der Waals surface area contributed by atoms with Crippen LogP contribution in [0.1, 0.15) is 17.2 Å². The number of rotatable bonds is 2. The maximum Gasteiger partial charge on any atom is 0.416 e. The quantitative estimate of drug-likeness (QED) is 0.732. The average molecular weight is 332 g/mol. The second kappa shape index (κ2) is 5.42. The highest BCUT2D eigenvalue weighted by Crippen LogP contribution is 2.39. The Morgan fingerprint density at radius 3 is 2.10 bits per heavy atom. The van der Waals surface area contributed by atoms with Gasteiger partial charge < -0.3 is 4.84 Å². The van der Waals surface area contributed by atoms with E-state index in [1.807, 2.05) is 0 Å². The van der Waals surface area contributed by atoms with Crippen LogP contribution in [0.4, 0.5) is 26.3 Å². The lowest BCUT2D eigenvalue weighted by atomic mass is 10.0. The van der Waals surface area contributed by atoms with Crippen LogP contribution in [0.15, 0.2) is 35.6 Å². The largest absolute Gasteiger partial charge is 0.416 e. The molecule has 1 aromatic rings. The summed E-state index contributed by atoms with van der Waals surface area (Å²) < 4.78 is 74.6. The van der Waals surface area contributed by atoms with Crippen LogP contribution in [0.5, 0.6) is 0 Å². The summed E-state index contributed by atoms with van der Waals surface area (Å²) >= 11 is 5.77. The summed E-state index contributed by atoms with van der Waals surface area (Å²) in [6.45, 7) is -1.40. The molecule has 0 amide bonds. The van der Waals surface area contributed by atoms with Crippen molar-refractivity contribution in [2.45, 2.75) is 18.4 Å². The summed E-state index contributed by atoms with van der Waals surface area (Å²) in [5.41, 5.74) is -0.723. The van der Waals surface area contributed by atoms with Crippen LogP contribution in [0.3, 0.4) is 0 Å². The maximum absolute atomic E-state index is 12.5. The Balaban J connectivity index is 2.24. The molecule has 9 heteroatoms. The maximum atomic E-state index is 12.5. The van der Waals surface area contributed by atoms with Crippen LogP contribution in [-0.2, 0) is 11.0 Å². The van der Waals surface area contributed by atoms with E-state index in [1.165, 1.54) is 0 Å². The van der Waals surface area contributed by atoms with Gasteiger partial charge >= 0.3 is 12.4 Å². The molecule has 1 atom stereocenters. The van der Waals surface area contributed by atoms with Gasteiger partial charge in [-0.2, -0.15) is 26.3 Å². The molecule has 0 aromatic heterocycles. The average Bonchev–Trinajstić information content (AvgIpc) is 2.67. The minimum atomic E-state index is -4.53. The van der Waals surface area contributed by atoms with Crippen molar-refractivity contribution in [3.8, 4) is 0 Å². The molecule has 1 heterocycles.